The van der Waals surface area contributed by atoms with E-state index in [1.807, 2.05) is 74.5 Å². The number of nitrogens with one attached hydrogen (secondary N) is 1. The molecule has 12 nitrogen and oxygen atoms in total. The molecule has 49 heavy (non-hydrogen) atoms. The zero-order valence-electron chi connectivity index (χ0n) is 28.2. The van der Waals surface area contributed by atoms with E-state index in [0.29, 0.717) is 5.56 Å². The van der Waals surface area contributed by atoms with E-state index in [9.17, 15) is 33.1 Å². The van der Waals surface area contributed by atoms with E-state index < -0.39 is 45.7 Å². The third-order valence-corrected chi connectivity index (χ3v) is 10.1. The van der Waals surface area contributed by atoms with E-state index in [0.717, 1.165) is 11.1 Å². The van der Waals surface area contributed by atoms with Crippen LogP contribution in [0.3, 0.4) is 0 Å². The van der Waals surface area contributed by atoms with E-state index in [1.54, 1.807) is 13.8 Å². The van der Waals surface area contributed by atoms with Crippen LogP contribution in [0.5, 0.6) is 5.88 Å². The molecule has 13 heteroatoms. The summed E-state index contributed by atoms with van der Waals surface area (Å²) in [4.78, 5) is 38.3. The van der Waals surface area contributed by atoms with Gasteiger partial charge < -0.3 is 15.5 Å². The van der Waals surface area contributed by atoms with Gasteiger partial charge in [0.15, 0.2) is 0 Å². The van der Waals surface area contributed by atoms with Crippen LogP contribution in [0.25, 0.3) is 0 Å². The van der Waals surface area contributed by atoms with Crippen molar-refractivity contribution in [2.24, 2.45) is 17.0 Å². The normalized spacial score (nSPS) is 13.8. The first kappa shape index (κ1) is 37.2. The van der Waals surface area contributed by atoms with Crippen LogP contribution in [0, 0.1) is 16.7 Å². The molecule has 3 N–H and O–H groups in total. The molecule has 0 unspecified atom stereocenters. The summed E-state index contributed by atoms with van der Waals surface area (Å²) < 4.78 is 31.3. The van der Waals surface area contributed by atoms with Gasteiger partial charge in [-0.3, -0.25) is 13.9 Å². The van der Waals surface area contributed by atoms with Crippen LogP contribution in [0.1, 0.15) is 50.4 Å². The highest BCUT2D eigenvalue weighted by Crippen LogP contribution is 2.23. The quantitative estimate of drug-likeness (QED) is 0.139. The van der Waals surface area contributed by atoms with Crippen molar-refractivity contribution in [2.45, 2.75) is 70.3 Å². The zero-order chi connectivity index (χ0) is 35.7. The summed E-state index contributed by atoms with van der Waals surface area (Å²) in [5, 5.41) is 28.2. The highest BCUT2D eigenvalue weighted by Gasteiger charge is 2.34. The van der Waals surface area contributed by atoms with Gasteiger partial charge >= 0.3 is 5.69 Å². The van der Waals surface area contributed by atoms with E-state index in [2.05, 4.69) is 10.5 Å². The number of nitroso groups, excluding NO2 is 1. The Kier molecular flexibility index (Phi) is 12.7. The lowest BCUT2D eigenvalue weighted by molar-refractivity contribution is -0.127. The van der Waals surface area contributed by atoms with Crippen LogP contribution >= 0.6 is 0 Å². The summed E-state index contributed by atoms with van der Waals surface area (Å²) in [6, 6.07) is 22.2. The molecule has 4 aromatic rings. The van der Waals surface area contributed by atoms with Gasteiger partial charge in [0.05, 0.1) is 29.8 Å². The van der Waals surface area contributed by atoms with E-state index in [-0.39, 0.29) is 49.3 Å². The molecule has 3 atom stereocenters. The minimum Gasteiger partial charge on any atom is -0.493 e. The topological polar surface area (TPSA) is 163 Å². The predicted molar refractivity (Wildman–Crippen MR) is 187 cm³/mol. The Morgan fingerprint density at radius 1 is 0.878 bits per heavy atom. The maximum absolute atomic E-state index is 14.1. The van der Waals surface area contributed by atoms with Gasteiger partial charge in [-0.2, -0.15) is 9.21 Å². The minimum absolute atomic E-state index is 0.00212. The molecular formula is C36H45N5O7S. The van der Waals surface area contributed by atoms with Crippen molar-refractivity contribution in [3.05, 3.63) is 123 Å². The number of aliphatic hydroxyl groups excluding tert-OH is 1. The Labute approximate surface area is 287 Å². The van der Waals surface area contributed by atoms with Crippen molar-refractivity contribution < 1.29 is 23.4 Å². The van der Waals surface area contributed by atoms with Crippen molar-refractivity contribution in [3.63, 3.8) is 0 Å². The minimum atomic E-state index is -4.09. The number of nitrogens with zero attached hydrogens (tertiary/aromatic N) is 4. The molecule has 0 fully saturated rings. The van der Waals surface area contributed by atoms with Gasteiger partial charge in [0.1, 0.15) is 12.6 Å². The second-order valence-corrected chi connectivity index (χ2v) is 14.9. The summed E-state index contributed by atoms with van der Waals surface area (Å²) in [5.74, 6) is -1.34. The van der Waals surface area contributed by atoms with Crippen LogP contribution in [-0.2, 0) is 34.3 Å². The van der Waals surface area contributed by atoms with Crippen LogP contribution in [0.4, 0.5) is 0 Å². The number of hydrogen-bond acceptors (Lipinski definition) is 8. The van der Waals surface area contributed by atoms with Crippen LogP contribution in [0.2, 0.25) is 0 Å². The number of imidazole rings is 1. The number of hydrogen-bond donors (Lipinski definition) is 3. The average molecular weight is 692 g/mol. The molecule has 262 valence electrons. The summed E-state index contributed by atoms with van der Waals surface area (Å²) in [6.07, 6.45) is 0.0687. The number of sulfonamides is 1. The molecule has 0 aliphatic carbocycles. The third kappa shape index (κ3) is 9.52. The van der Waals surface area contributed by atoms with Gasteiger partial charge in [-0.15, -0.1) is 0 Å². The average Bonchev–Trinajstić information content (AvgIpc) is 3.33. The molecule has 0 aliphatic heterocycles. The molecular weight excluding hydrogens is 646 g/mol. The Morgan fingerprint density at radius 2 is 1.47 bits per heavy atom. The fraction of sp³-hybridized carbons (Fsp3) is 0.389. The standard InChI is InChI=1S/C36H45N5O7S/c1-25(2)21-39(49(47,48)30-17-15-28(16-18-30)20-37-46)23-32(42)31(19-27-11-7-5-8-12-27)38-35(44)34(26(3)4)41-24-33(43)40(36(41)45)22-29-13-9-6-10-14-29/h5-18,24-26,31-32,34,42-43H,19-23H2,1-4H3,(H,38,44)/t31-,32+,34-/m0/s1. The van der Waals surface area contributed by atoms with Gasteiger partial charge in [-0.1, -0.05) is 106 Å². The number of aromatic hydroxyl groups is 1. The number of amides is 1. The maximum atomic E-state index is 14.1. The van der Waals surface area contributed by atoms with Crippen LogP contribution < -0.4 is 11.0 Å². The van der Waals surface area contributed by atoms with Gasteiger partial charge in [0, 0.05) is 13.1 Å². The van der Waals surface area contributed by atoms with Crippen molar-refractivity contribution in [3.8, 4) is 5.88 Å². The van der Waals surface area contributed by atoms with E-state index in [4.69, 9.17) is 0 Å². The molecule has 0 radical (unpaired) electrons. The molecule has 0 saturated heterocycles. The molecule has 1 heterocycles. The van der Waals surface area contributed by atoms with Crippen molar-refractivity contribution in [2.75, 3.05) is 13.1 Å². The second kappa shape index (κ2) is 16.7. The number of aliphatic hydroxyl groups is 1. The predicted octanol–water partition coefficient (Wildman–Crippen LogP) is 4.30. The lowest BCUT2D eigenvalue weighted by Crippen LogP contribution is -2.53. The fourth-order valence-corrected chi connectivity index (χ4v) is 7.40. The van der Waals surface area contributed by atoms with Crippen molar-refractivity contribution in [1.82, 2.24) is 18.8 Å². The summed E-state index contributed by atoms with van der Waals surface area (Å²) in [6.45, 7) is 7.07. The Balaban J connectivity index is 1.64. The van der Waals surface area contributed by atoms with Gasteiger partial charge in [-0.25, -0.2) is 13.2 Å². The summed E-state index contributed by atoms with van der Waals surface area (Å²) in [7, 11) is -4.09. The second-order valence-electron chi connectivity index (χ2n) is 13.0. The largest absolute Gasteiger partial charge is 0.493 e. The highest BCUT2D eigenvalue weighted by atomic mass is 32.2. The Bertz CT molecular complexity index is 1840. The molecule has 4 rings (SSSR count). The Morgan fingerprint density at radius 3 is 2.02 bits per heavy atom. The lowest BCUT2D eigenvalue weighted by atomic mass is 9.98. The van der Waals surface area contributed by atoms with Crippen LogP contribution in [-0.4, -0.2) is 63.2 Å². The molecule has 1 amide bonds. The Hall–Kier alpha value is -4.59. The van der Waals surface area contributed by atoms with Gasteiger partial charge in [-0.05, 0) is 47.1 Å². The molecule has 1 aromatic heterocycles. The SMILES string of the molecule is CC(C)CN(C[C@@H](O)[C@H](Cc1ccccc1)NC(=O)[C@H](C(C)C)n1cc(O)n(Cc2ccccc2)c1=O)S(=O)(=O)c1ccc(CN=O)cc1. The van der Waals surface area contributed by atoms with E-state index in [1.165, 1.54) is 43.9 Å². The molecule has 0 bridgehead atoms. The van der Waals surface area contributed by atoms with Gasteiger partial charge in [0.2, 0.25) is 21.8 Å². The molecule has 3 aromatic carbocycles. The smallest absolute Gasteiger partial charge is 0.332 e. The number of benzene rings is 3. The number of aromatic nitrogens is 2. The molecule has 0 spiro atoms. The van der Waals surface area contributed by atoms with E-state index >= 15 is 0 Å². The van der Waals surface area contributed by atoms with Crippen LogP contribution in [0.15, 0.2) is 106 Å². The van der Waals surface area contributed by atoms with Crippen molar-refractivity contribution >= 4 is 15.9 Å². The molecule has 0 saturated carbocycles. The lowest BCUT2D eigenvalue weighted by Gasteiger charge is -2.32. The number of carbonyl (C=O) groups is 1. The highest BCUT2D eigenvalue weighted by molar-refractivity contribution is 7.89. The molecule has 0 aliphatic rings. The van der Waals surface area contributed by atoms with Gasteiger partial charge in [0.25, 0.3) is 0 Å². The zero-order valence-corrected chi connectivity index (χ0v) is 29.0. The third-order valence-electron chi connectivity index (χ3n) is 8.22. The fourth-order valence-electron chi connectivity index (χ4n) is 5.77. The van der Waals surface area contributed by atoms with Crippen molar-refractivity contribution in [1.29, 1.82) is 0 Å². The first-order chi connectivity index (χ1) is 23.3. The number of carbonyl (C=O) groups excluding carboxylic acids is 1. The first-order valence-electron chi connectivity index (χ1n) is 16.3. The monoisotopic (exact) mass is 691 g/mol. The maximum Gasteiger partial charge on any atom is 0.332 e. The number of rotatable bonds is 17. The summed E-state index contributed by atoms with van der Waals surface area (Å²) in [5.41, 5.74) is 1.59. The summed E-state index contributed by atoms with van der Waals surface area (Å²) >= 11 is 0. The first-order valence-corrected chi connectivity index (χ1v) is 17.7.